The average Bonchev–Trinajstić information content (AvgIpc) is 2.25. The lowest BCUT2D eigenvalue weighted by molar-refractivity contribution is 0.0576. The number of rotatable bonds is 0. The predicted molar refractivity (Wildman–Crippen MR) is 78.9 cm³/mol. The smallest absolute Gasteiger partial charge is 0.416 e. The molecule has 98 valence electrons. The Bertz CT molecular complexity index is 469. The summed E-state index contributed by atoms with van der Waals surface area (Å²) >= 11 is 2.24. The third-order valence-electron chi connectivity index (χ3n) is 2.61. The maximum Gasteiger partial charge on any atom is 0.416 e. The van der Waals surface area contributed by atoms with Gasteiger partial charge in [0.1, 0.15) is 11.4 Å². The molecule has 4 nitrogen and oxygen atoms in total. The van der Waals surface area contributed by atoms with E-state index < -0.39 is 5.60 Å². The van der Waals surface area contributed by atoms with Crippen LogP contribution in [0.15, 0.2) is 12.3 Å². The lowest BCUT2D eigenvalue weighted by atomic mass is 10.1. The third kappa shape index (κ3) is 3.13. The second-order valence-corrected chi connectivity index (χ2v) is 6.62. The van der Waals surface area contributed by atoms with Gasteiger partial charge in [0, 0.05) is 16.3 Å². The van der Waals surface area contributed by atoms with Gasteiger partial charge in [-0.25, -0.2) is 9.78 Å². The maximum absolute atomic E-state index is 12.1. The van der Waals surface area contributed by atoms with E-state index in [1.165, 1.54) is 0 Å². The number of fused-ring (bicyclic) bond motifs is 1. The van der Waals surface area contributed by atoms with E-state index in [2.05, 4.69) is 33.6 Å². The van der Waals surface area contributed by atoms with Crippen molar-refractivity contribution in [2.75, 3.05) is 11.4 Å². The lowest BCUT2D eigenvalue weighted by Gasteiger charge is -2.30. The molecule has 0 bridgehead atoms. The van der Waals surface area contributed by atoms with E-state index in [1.807, 2.05) is 20.8 Å². The highest BCUT2D eigenvalue weighted by atomic mass is 127. The Balaban J connectivity index is 2.25. The molecule has 0 unspecified atom stereocenters. The van der Waals surface area contributed by atoms with E-state index in [4.69, 9.17) is 4.74 Å². The highest BCUT2D eigenvalue weighted by Gasteiger charge is 2.28. The number of carbonyl (C=O) groups excluding carboxylic acids is 1. The summed E-state index contributed by atoms with van der Waals surface area (Å²) in [4.78, 5) is 18.1. The fourth-order valence-corrected chi connectivity index (χ4v) is 2.44. The Morgan fingerprint density at radius 3 is 2.89 bits per heavy atom. The van der Waals surface area contributed by atoms with Crippen molar-refractivity contribution < 1.29 is 9.53 Å². The van der Waals surface area contributed by atoms with E-state index >= 15 is 0 Å². The van der Waals surface area contributed by atoms with Crippen molar-refractivity contribution >= 4 is 34.5 Å². The van der Waals surface area contributed by atoms with Crippen LogP contribution < -0.4 is 4.90 Å². The Kier molecular flexibility index (Phi) is 3.79. The normalized spacial score (nSPS) is 15.2. The number of nitrogens with zero attached hydrogens (tertiary/aromatic N) is 2. The molecule has 18 heavy (non-hydrogen) atoms. The predicted octanol–water partition coefficient (Wildman–Crippen LogP) is 3.37. The molecule has 0 radical (unpaired) electrons. The molecule has 1 aromatic heterocycles. The highest BCUT2D eigenvalue weighted by molar-refractivity contribution is 14.1. The Morgan fingerprint density at radius 2 is 2.22 bits per heavy atom. The van der Waals surface area contributed by atoms with Gasteiger partial charge < -0.3 is 4.74 Å². The second-order valence-electron chi connectivity index (χ2n) is 5.37. The number of aromatic nitrogens is 1. The first kappa shape index (κ1) is 13.6. The molecule has 0 aliphatic carbocycles. The van der Waals surface area contributed by atoms with Crippen LogP contribution in [0.25, 0.3) is 0 Å². The number of anilines is 1. The fourth-order valence-electron chi connectivity index (χ4n) is 1.93. The Morgan fingerprint density at radius 1 is 1.50 bits per heavy atom. The summed E-state index contributed by atoms with van der Waals surface area (Å²) in [6.45, 7) is 6.29. The molecule has 1 amide bonds. The summed E-state index contributed by atoms with van der Waals surface area (Å²) in [5.74, 6) is 0.746. The summed E-state index contributed by atoms with van der Waals surface area (Å²) in [7, 11) is 0. The third-order valence-corrected chi connectivity index (χ3v) is 3.20. The van der Waals surface area contributed by atoms with Crippen LogP contribution in [0.1, 0.15) is 32.8 Å². The molecule has 0 fully saturated rings. The molecule has 0 spiro atoms. The minimum Gasteiger partial charge on any atom is -0.443 e. The first-order valence-corrected chi connectivity index (χ1v) is 7.09. The van der Waals surface area contributed by atoms with E-state index in [0.717, 1.165) is 27.8 Å². The van der Waals surface area contributed by atoms with Gasteiger partial charge in [0.25, 0.3) is 0 Å². The van der Waals surface area contributed by atoms with E-state index in [9.17, 15) is 4.79 Å². The van der Waals surface area contributed by atoms with Crippen LogP contribution >= 0.6 is 22.6 Å². The molecule has 1 aliphatic heterocycles. The van der Waals surface area contributed by atoms with Crippen molar-refractivity contribution in [1.29, 1.82) is 0 Å². The summed E-state index contributed by atoms with van der Waals surface area (Å²) in [5, 5.41) is 0. The zero-order valence-corrected chi connectivity index (χ0v) is 13.0. The van der Waals surface area contributed by atoms with Crippen LogP contribution in [-0.4, -0.2) is 23.2 Å². The number of aryl methyl sites for hydroxylation is 1. The molecular weight excluding hydrogens is 343 g/mol. The van der Waals surface area contributed by atoms with Gasteiger partial charge in [-0.3, -0.25) is 4.90 Å². The van der Waals surface area contributed by atoms with Crippen molar-refractivity contribution in [2.24, 2.45) is 0 Å². The SMILES string of the molecule is CC(C)(C)OC(=O)N1CCCc2cc(I)cnc21. The molecule has 5 heteroatoms. The zero-order chi connectivity index (χ0) is 13.3. The number of ether oxygens (including phenoxy) is 1. The zero-order valence-electron chi connectivity index (χ0n) is 10.9. The van der Waals surface area contributed by atoms with Gasteiger partial charge in [-0.15, -0.1) is 0 Å². The number of carbonyl (C=O) groups is 1. The van der Waals surface area contributed by atoms with Crippen LogP contribution in [0.5, 0.6) is 0 Å². The van der Waals surface area contributed by atoms with Crippen LogP contribution in [0.3, 0.4) is 0 Å². The van der Waals surface area contributed by atoms with Crippen LogP contribution in [0, 0.1) is 3.57 Å². The second kappa shape index (κ2) is 5.03. The fraction of sp³-hybridized carbons (Fsp3) is 0.538. The molecule has 1 aliphatic rings. The molecule has 2 heterocycles. The average molecular weight is 360 g/mol. The standard InChI is InChI=1S/C13H17IN2O2/c1-13(2,3)18-12(17)16-6-4-5-9-7-10(14)8-15-11(9)16/h7-8H,4-6H2,1-3H3. The van der Waals surface area contributed by atoms with Crippen molar-refractivity contribution in [3.8, 4) is 0 Å². The van der Waals surface area contributed by atoms with E-state index in [0.29, 0.717) is 6.54 Å². The van der Waals surface area contributed by atoms with E-state index in [-0.39, 0.29) is 6.09 Å². The highest BCUT2D eigenvalue weighted by Crippen LogP contribution is 2.27. The van der Waals surface area contributed by atoms with Crippen LogP contribution in [-0.2, 0) is 11.2 Å². The van der Waals surface area contributed by atoms with Crippen molar-refractivity contribution in [1.82, 2.24) is 4.98 Å². The van der Waals surface area contributed by atoms with Crippen molar-refractivity contribution in [3.05, 3.63) is 21.4 Å². The maximum atomic E-state index is 12.1. The molecule has 0 atom stereocenters. The molecule has 0 saturated heterocycles. The molecule has 1 aromatic rings. The first-order chi connectivity index (χ1) is 8.37. The number of halogens is 1. The molecule has 0 N–H and O–H groups in total. The number of hydrogen-bond donors (Lipinski definition) is 0. The van der Waals surface area contributed by atoms with Gasteiger partial charge in [-0.05, 0) is 67.8 Å². The lowest BCUT2D eigenvalue weighted by Crippen LogP contribution is -2.40. The quantitative estimate of drug-likeness (QED) is 0.667. The summed E-state index contributed by atoms with van der Waals surface area (Å²) in [6.07, 6.45) is 3.39. The monoisotopic (exact) mass is 360 g/mol. The molecule has 0 saturated carbocycles. The summed E-state index contributed by atoms with van der Waals surface area (Å²) in [5.41, 5.74) is 0.650. The topological polar surface area (TPSA) is 42.4 Å². The minimum absolute atomic E-state index is 0.308. The minimum atomic E-state index is -0.474. The van der Waals surface area contributed by atoms with Crippen molar-refractivity contribution in [2.45, 2.75) is 39.2 Å². The van der Waals surface area contributed by atoms with Gasteiger partial charge in [0.05, 0.1) is 0 Å². The molecule has 0 aromatic carbocycles. The Labute approximate surface area is 121 Å². The van der Waals surface area contributed by atoms with Gasteiger partial charge in [-0.2, -0.15) is 0 Å². The molecule has 2 rings (SSSR count). The van der Waals surface area contributed by atoms with Crippen LogP contribution in [0.4, 0.5) is 10.6 Å². The first-order valence-electron chi connectivity index (χ1n) is 6.02. The largest absolute Gasteiger partial charge is 0.443 e. The summed E-state index contributed by atoms with van der Waals surface area (Å²) < 4.78 is 6.50. The van der Waals surface area contributed by atoms with Crippen molar-refractivity contribution in [3.63, 3.8) is 0 Å². The van der Waals surface area contributed by atoms with Gasteiger partial charge in [0.15, 0.2) is 0 Å². The number of pyridine rings is 1. The van der Waals surface area contributed by atoms with Gasteiger partial charge in [-0.1, -0.05) is 0 Å². The van der Waals surface area contributed by atoms with E-state index in [1.54, 1.807) is 11.1 Å². The van der Waals surface area contributed by atoms with Gasteiger partial charge >= 0.3 is 6.09 Å². The molecular formula is C13H17IN2O2. The Hall–Kier alpha value is -0.850. The number of amides is 1. The summed E-state index contributed by atoms with van der Waals surface area (Å²) in [6, 6.07) is 2.08. The van der Waals surface area contributed by atoms with Crippen LogP contribution in [0.2, 0.25) is 0 Å². The number of hydrogen-bond acceptors (Lipinski definition) is 3. The van der Waals surface area contributed by atoms with Gasteiger partial charge in [0.2, 0.25) is 0 Å².